The van der Waals surface area contributed by atoms with Gasteiger partial charge in [0.2, 0.25) is 5.95 Å². The van der Waals surface area contributed by atoms with E-state index >= 15 is 0 Å². The molecule has 0 aliphatic carbocycles. The van der Waals surface area contributed by atoms with E-state index in [-0.39, 0.29) is 5.97 Å². The summed E-state index contributed by atoms with van der Waals surface area (Å²) in [4.78, 5) is 22.9. The monoisotopic (exact) mass is 328 g/mol. The van der Waals surface area contributed by atoms with Crippen molar-refractivity contribution in [2.24, 2.45) is 0 Å². The van der Waals surface area contributed by atoms with Gasteiger partial charge in [-0.15, -0.1) is 0 Å². The van der Waals surface area contributed by atoms with Crippen LogP contribution in [0.3, 0.4) is 0 Å². The Hall–Kier alpha value is -2.63. The number of carbonyl (C=O) groups excluding carboxylic acids is 1. The Bertz CT molecular complexity index is 676. The summed E-state index contributed by atoms with van der Waals surface area (Å²) in [5.41, 5.74) is 1.15. The average Bonchev–Trinajstić information content (AvgIpc) is 2.60. The molecule has 0 saturated heterocycles. The first-order chi connectivity index (χ1) is 11.7. The third-order valence-corrected chi connectivity index (χ3v) is 3.52. The lowest BCUT2D eigenvalue weighted by atomic mass is 10.2. The molecule has 0 radical (unpaired) electrons. The van der Waals surface area contributed by atoms with Crippen molar-refractivity contribution in [3.8, 4) is 0 Å². The lowest BCUT2D eigenvalue weighted by Gasteiger charge is -2.17. The van der Waals surface area contributed by atoms with Crippen molar-refractivity contribution in [2.45, 2.75) is 26.7 Å². The van der Waals surface area contributed by atoms with E-state index in [1.807, 2.05) is 24.1 Å². The molecule has 0 aliphatic rings. The highest BCUT2D eigenvalue weighted by Crippen LogP contribution is 2.21. The van der Waals surface area contributed by atoms with Crippen molar-refractivity contribution in [3.05, 3.63) is 42.1 Å². The zero-order valence-electron chi connectivity index (χ0n) is 14.5. The summed E-state index contributed by atoms with van der Waals surface area (Å²) in [5.74, 6) is 0.942. The molecule has 0 amide bonds. The van der Waals surface area contributed by atoms with E-state index in [2.05, 4.69) is 22.2 Å². The quantitative estimate of drug-likeness (QED) is 0.746. The summed E-state index contributed by atoms with van der Waals surface area (Å²) in [7, 11) is 1.97. The molecule has 0 saturated carbocycles. The van der Waals surface area contributed by atoms with Crippen LogP contribution in [0, 0.1) is 0 Å². The van der Waals surface area contributed by atoms with Gasteiger partial charge in [0, 0.05) is 19.8 Å². The fourth-order valence-corrected chi connectivity index (χ4v) is 2.21. The number of benzene rings is 1. The number of ether oxygens (including phenoxy) is 1. The molecule has 6 heteroatoms. The summed E-state index contributed by atoms with van der Waals surface area (Å²) in [6, 6.07) is 9.01. The van der Waals surface area contributed by atoms with Crippen LogP contribution in [0.15, 0.2) is 36.5 Å². The van der Waals surface area contributed by atoms with Crippen molar-refractivity contribution >= 4 is 23.4 Å². The SMILES string of the molecule is CCCCN(C)c1nccc(Nc2ccccc2C(=O)OCC)n1. The molecule has 24 heavy (non-hydrogen) atoms. The third kappa shape index (κ3) is 4.68. The number of carbonyl (C=O) groups is 1. The fraction of sp³-hybridized carbons (Fsp3) is 0.389. The van der Waals surface area contributed by atoms with Crippen molar-refractivity contribution in [1.82, 2.24) is 9.97 Å². The first kappa shape index (κ1) is 17.7. The van der Waals surface area contributed by atoms with E-state index in [0.29, 0.717) is 29.6 Å². The van der Waals surface area contributed by atoms with Crippen LogP contribution < -0.4 is 10.2 Å². The second-order valence-electron chi connectivity index (χ2n) is 5.41. The number of anilines is 3. The first-order valence-corrected chi connectivity index (χ1v) is 8.23. The molecule has 2 rings (SSSR count). The minimum atomic E-state index is -0.352. The molecule has 0 fully saturated rings. The Morgan fingerprint density at radius 3 is 2.79 bits per heavy atom. The first-order valence-electron chi connectivity index (χ1n) is 8.23. The summed E-state index contributed by atoms with van der Waals surface area (Å²) in [6.07, 6.45) is 3.92. The maximum Gasteiger partial charge on any atom is 0.340 e. The van der Waals surface area contributed by atoms with Gasteiger partial charge in [-0.1, -0.05) is 25.5 Å². The zero-order chi connectivity index (χ0) is 17.4. The number of hydrogen-bond donors (Lipinski definition) is 1. The topological polar surface area (TPSA) is 67.4 Å². The summed E-state index contributed by atoms with van der Waals surface area (Å²) < 4.78 is 5.09. The maximum atomic E-state index is 12.0. The van der Waals surface area contributed by atoms with Crippen molar-refractivity contribution in [1.29, 1.82) is 0 Å². The zero-order valence-corrected chi connectivity index (χ0v) is 14.5. The van der Waals surface area contributed by atoms with Crippen LogP contribution >= 0.6 is 0 Å². The van der Waals surface area contributed by atoms with Crippen LogP contribution in [-0.2, 0) is 4.74 Å². The molecule has 0 bridgehead atoms. The smallest absolute Gasteiger partial charge is 0.340 e. The lowest BCUT2D eigenvalue weighted by molar-refractivity contribution is 0.0527. The Kier molecular flexibility index (Phi) is 6.54. The molecule has 6 nitrogen and oxygen atoms in total. The summed E-state index contributed by atoms with van der Waals surface area (Å²) in [6.45, 7) is 5.18. The van der Waals surface area contributed by atoms with Gasteiger partial charge in [-0.3, -0.25) is 0 Å². The van der Waals surface area contributed by atoms with Crippen LogP contribution in [-0.4, -0.2) is 36.1 Å². The van der Waals surface area contributed by atoms with Gasteiger partial charge in [0.1, 0.15) is 5.82 Å². The number of esters is 1. The second kappa shape index (κ2) is 8.86. The van der Waals surface area contributed by atoms with Gasteiger partial charge < -0.3 is 15.0 Å². The number of rotatable bonds is 8. The molecular formula is C18H24N4O2. The number of para-hydroxylation sites is 1. The van der Waals surface area contributed by atoms with Gasteiger partial charge >= 0.3 is 5.97 Å². The van der Waals surface area contributed by atoms with Crippen molar-refractivity contribution in [3.63, 3.8) is 0 Å². The van der Waals surface area contributed by atoms with E-state index in [0.717, 1.165) is 19.4 Å². The summed E-state index contributed by atoms with van der Waals surface area (Å²) in [5, 5.41) is 3.18. The predicted octanol–water partition coefficient (Wildman–Crippen LogP) is 3.63. The summed E-state index contributed by atoms with van der Waals surface area (Å²) >= 11 is 0. The molecule has 1 heterocycles. The number of nitrogens with zero attached hydrogens (tertiary/aromatic N) is 3. The van der Waals surface area contributed by atoms with Gasteiger partial charge in [0.05, 0.1) is 17.9 Å². The largest absolute Gasteiger partial charge is 0.462 e. The van der Waals surface area contributed by atoms with Gasteiger partial charge in [0.25, 0.3) is 0 Å². The molecule has 0 aliphatic heterocycles. The van der Waals surface area contributed by atoms with Gasteiger partial charge in [0.15, 0.2) is 0 Å². The Morgan fingerprint density at radius 2 is 2.04 bits per heavy atom. The molecule has 2 aromatic rings. The van der Waals surface area contributed by atoms with Crippen LogP contribution in [0.2, 0.25) is 0 Å². The molecule has 1 aromatic carbocycles. The fourth-order valence-electron chi connectivity index (χ4n) is 2.21. The van der Waals surface area contributed by atoms with Crippen LogP contribution in [0.4, 0.5) is 17.5 Å². The van der Waals surface area contributed by atoms with Crippen LogP contribution in [0.5, 0.6) is 0 Å². The lowest BCUT2D eigenvalue weighted by Crippen LogP contribution is -2.21. The van der Waals surface area contributed by atoms with E-state index in [9.17, 15) is 4.79 Å². The van der Waals surface area contributed by atoms with Gasteiger partial charge in [-0.05, 0) is 31.5 Å². The predicted molar refractivity (Wildman–Crippen MR) is 95.9 cm³/mol. The minimum absolute atomic E-state index is 0.340. The van der Waals surface area contributed by atoms with E-state index in [1.54, 1.807) is 31.3 Å². The number of hydrogen-bond acceptors (Lipinski definition) is 6. The Morgan fingerprint density at radius 1 is 1.25 bits per heavy atom. The van der Waals surface area contributed by atoms with Gasteiger partial charge in [-0.2, -0.15) is 4.98 Å². The Labute approximate surface area is 142 Å². The minimum Gasteiger partial charge on any atom is -0.462 e. The molecule has 1 aromatic heterocycles. The molecular weight excluding hydrogens is 304 g/mol. The van der Waals surface area contributed by atoms with Crippen molar-refractivity contribution < 1.29 is 9.53 Å². The number of aromatic nitrogens is 2. The standard InChI is InChI=1S/C18H24N4O2/c1-4-6-13-22(3)18-19-12-11-16(21-18)20-15-10-8-7-9-14(15)17(23)24-5-2/h7-12H,4-6,13H2,1-3H3,(H,19,20,21). The van der Waals surface area contributed by atoms with Crippen molar-refractivity contribution in [2.75, 3.05) is 30.4 Å². The second-order valence-corrected chi connectivity index (χ2v) is 5.41. The highest BCUT2D eigenvalue weighted by molar-refractivity contribution is 5.96. The van der Waals surface area contributed by atoms with E-state index in [4.69, 9.17) is 4.74 Å². The maximum absolute atomic E-state index is 12.0. The normalized spacial score (nSPS) is 10.3. The highest BCUT2D eigenvalue weighted by Gasteiger charge is 2.13. The highest BCUT2D eigenvalue weighted by atomic mass is 16.5. The van der Waals surface area contributed by atoms with Crippen LogP contribution in [0.1, 0.15) is 37.0 Å². The van der Waals surface area contributed by atoms with E-state index < -0.39 is 0 Å². The molecule has 1 N–H and O–H groups in total. The molecule has 0 spiro atoms. The number of unbranched alkanes of at least 4 members (excludes halogenated alkanes) is 1. The number of nitrogens with one attached hydrogen (secondary N) is 1. The third-order valence-electron chi connectivity index (χ3n) is 3.52. The molecule has 0 atom stereocenters. The molecule has 128 valence electrons. The molecule has 0 unspecified atom stereocenters. The Balaban J connectivity index is 2.18. The van der Waals surface area contributed by atoms with E-state index in [1.165, 1.54) is 0 Å². The van der Waals surface area contributed by atoms with Crippen LogP contribution in [0.25, 0.3) is 0 Å². The van der Waals surface area contributed by atoms with Gasteiger partial charge in [-0.25, -0.2) is 9.78 Å². The average molecular weight is 328 g/mol.